The van der Waals surface area contributed by atoms with Crippen LogP contribution in [0, 0.1) is 5.82 Å². The van der Waals surface area contributed by atoms with Crippen molar-refractivity contribution in [2.24, 2.45) is 10.7 Å². The van der Waals surface area contributed by atoms with Crippen molar-refractivity contribution in [3.05, 3.63) is 64.0 Å². The fraction of sp³-hybridized carbons (Fsp3) is 0.333. The highest BCUT2D eigenvalue weighted by Gasteiger charge is 2.23. The van der Waals surface area contributed by atoms with Gasteiger partial charge >= 0.3 is 0 Å². The third-order valence-corrected chi connectivity index (χ3v) is 6.11. The molecular weight excluding hydrogens is 461 g/mol. The highest BCUT2D eigenvalue weighted by molar-refractivity contribution is 6.05. The fourth-order valence-corrected chi connectivity index (χ4v) is 4.42. The molecule has 0 fully saturated rings. The first-order chi connectivity index (χ1) is 17.4. The zero-order valence-electron chi connectivity index (χ0n) is 20.5. The Kier molecular flexibility index (Phi) is 7.59. The third kappa shape index (κ3) is 5.06. The van der Waals surface area contributed by atoms with Crippen LogP contribution in [0.3, 0.4) is 0 Å². The van der Waals surface area contributed by atoms with E-state index in [1.807, 2.05) is 13.8 Å². The lowest BCUT2D eigenvalue weighted by Crippen LogP contribution is -2.34. The van der Waals surface area contributed by atoms with Crippen molar-refractivity contribution < 1.29 is 14.3 Å². The lowest BCUT2D eigenvalue weighted by atomic mass is 9.99. The Bertz CT molecular complexity index is 1420. The summed E-state index contributed by atoms with van der Waals surface area (Å²) in [5.74, 6) is -0.432. The van der Waals surface area contributed by atoms with E-state index in [0.29, 0.717) is 46.4 Å². The van der Waals surface area contributed by atoms with Gasteiger partial charge < -0.3 is 15.7 Å². The summed E-state index contributed by atoms with van der Waals surface area (Å²) >= 11 is 0. The molecule has 3 N–H and O–H groups in total. The van der Waals surface area contributed by atoms with Gasteiger partial charge in [0.05, 0.1) is 36.1 Å². The number of hydrogen-bond donors (Lipinski definition) is 2. The molecule has 0 atom stereocenters. The van der Waals surface area contributed by atoms with Gasteiger partial charge in [0.25, 0.3) is 5.56 Å². The van der Waals surface area contributed by atoms with Crippen molar-refractivity contribution in [2.75, 3.05) is 19.7 Å². The van der Waals surface area contributed by atoms with Crippen LogP contribution in [-0.2, 0) is 11.3 Å². The maximum Gasteiger partial charge on any atom is 0.261 e. The van der Waals surface area contributed by atoms with Gasteiger partial charge in [0.15, 0.2) is 0 Å². The van der Waals surface area contributed by atoms with Crippen LogP contribution in [0.5, 0.6) is 0 Å². The van der Waals surface area contributed by atoms with Crippen molar-refractivity contribution in [2.45, 2.75) is 39.7 Å². The van der Waals surface area contributed by atoms with E-state index >= 15 is 4.39 Å². The highest BCUT2D eigenvalue weighted by Crippen LogP contribution is 2.34. The number of aliphatic hydroxyl groups excluding tert-OH is 1. The zero-order valence-corrected chi connectivity index (χ0v) is 20.5. The van der Waals surface area contributed by atoms with E-state index in [4.69, 9.17) is 10.8 Å². The average molecular weight is 492 g/mol. The van der Waals surface area contributed by atoms with Gasteiger partial charge in [0, 0.05) is 30.6 Å². The van der Waals surface area contributed by atoms with E-state index in [-0.39, 0.29) is 42.4 Å². The summed E-state index contributed by atoms with van der Waals surface area (Å²) < 4.78 is 16.7. The molecule has 0 saturated heterocycles. The molecule has 0 spiro atoms. The number of carbonyl (C=O) groups is 1. The summed E-state index contributed by atoms with van der Waals surface area (Å²) in [6.45, 7) is 5.26. The van der Waals surface area contributed by atoms with Crippen molar-refractivity contribution >= 4 is 34.4 Å². The molecule has 8 nitrogen and oxygen atoms in total. The second-order valence-corrected chi connectivity index (χ2v) is 8.83. The van der Waals surface area contributed by atoms with Crippen molar-refractivity contribution in [3.63, 3.8) is 0 Å². The van der Waals surface area contributed by atoms with Crippen LogP contribution in [0.4, 0.5) is 10.1 Å². The van der Waals surface area contributed by atoms with E-state index in [2.05, 4.69) is 9.98 Å². The Morgan fingerprint density at radius 3 is 2.61 bits per heavy atom. The second kappa shape index (κ2) is 10.8. The summed E-state index contributed by atoms with van der Waals surface area (Å²) in [7, 11) is 0. The molecule has 2 heterocycles. The molecule has 0 radical (unpaired) electrons. The Morgan fingerprint density at radius 1 is 1.17 bits per heavy atom. The first kappa shape index (κ1) is 25.2. The normalized spacial score (nSPS) is 13.1. The van der Waals surface area contributed by atoms with Gasteiger partial charge in [-0.3, -0.25) is 14.2 Å². The molecule has 0 unspecified atom stereocenters. The SMILES string of the molecule is CCCN(CCC)C(=O)C1=Cc2c(F)cc(-c3ccc4c(=O)n(CCO)cnc4c3)cc2N=C(N)C1. The van der Waals surface area contributed by atoms with Gasteiger partial charge in [-0.05, 0) is 54.3 Å². The molecule has 0 bridgehead atoms. The minimum atomic E-state index is -0.518. The Labute approximate surface area is 208 Å². The molecule has 4 rings (SSSR count). The molecule has 1 aromatic heterocycles. The van der Waals surface area contributed by atoms with E-state index in [0.717, 1.165) is 12.8 Å². The molecule has 36 heavy (non-hydrogen) atoms. The molecule has 9 heteroatoms. The topological polar surface area (TPSA) is 114 Å². The number of hydrogen-bond acceptors (Lipinski definition) is 6. The monoisotopic (exact) mass is 491 g/mol. The first-order valence-corrected chi connectivity index (χ1v) is 12.1. The predicted molar refractivity (Wildman–Crippen MR) is 140 cm³/mol. The molecule has 0 aliphatic carbocycles. The largest absolute Gasteiger partial charge is 0.395 e. The number of fused-ring (bicyclic) bond motifs is 2. The van der Waals surface area contributed by atoms with E-state index < -0.39 is 5.82 Å². The quantitative estimate of drug-likeness (QED) is 0.500. The average Bonchev–Trinajstić information content (AvgIpc) is 3.03. The number of rotatable bonds is 8. The molecule has 1 aliphatic heterocycles. The van der Waals surface area contributed by atoms with Crippen molar-refractivity contribution in [1.29, 1.82) is 0 Å². The van der Waals surface area contributed by atoms with Crippen LogP contribution in [0.25, 0.3) is 28.1 Å². The van der Waals surface area contributed by atoms with E-state index in [1.54, 1.807) is 35.2 Å². The van der Waals surface area contributed by atoms with Crippen LogP contribution in [0.15, 0.2) is 52.0 Å². The van der Waals surface area contributed by atoms with Gasteiger partial charge in [0.2, 0.25) is 5.91 Å². The smallest absolute Gasteiger partial charge is 0.261 e. The van der Waals surface area contributed by atoms with E-state index in [9.17, 15) is 9.59 Å². The molecule has 188 valence electrons. The van der Waals surface area contributed by atoms with Crippen molar-refractivity contribution in [1.82, 2.24) is 14.5 Å². The minimum absolute atomic E-state index is 0.145. The number of aliphatic hydroxyl groups is 1. The van der Waals surface area contributed by atoms with Crippen LogP contribution < -0.4 is 11.3 Å². The number of nitrogens with zero attached hydrogens (tertiary/aromatic N) is 4. The Morgan fingerprint density at radius 2 is 1.92 bits per heavy atom. The summed E-state index contributed by atoms with van der Waals surface area (Å²) in [5, 5.41) is 9.53. The fourth-order valence-electron chi connectivity index (χ4n) is 4.42. The predicted octanol–water partition coefficient (Wildman–Crippen LogP) is 3.62. The van der Waals surface area contributed by atoms with Crippen LogP contribution in [-0.4, -0.2) is 51.0 Å². The summed E-state index contributed by atoms with van der Waals surface area (Å²) in [6, 6.07) is 8.18. The number of aromatic nitrogens is 2. The number of amides is 1. The highest BCUT2D eigenvalue weighted by atomic mass is 19.1. The van der Waals surface area contributed by atoms with Gasteiger partial charge in [-0.2, -0.15) is 0 Å². The van der Waals surface area contributed by atoms with Crippen LogP contribution in [0.1, 0.15) is 38.7 Å². The van der Waals surface area contributed by atoms with E-state index in [1.165, 1.54) is 17.0 Å². The maximum absolute atomic E-state index is 15.4. The molecule has 1 amide bonds. The first-order valence-electron chi connectivity index (χ1n) is 12.1. The summed E-state index contributed by atoms with van der Waals surface area (Å²) in [5.41, 5.74) is 8.54. The molecule has 2 aromatic carbocycles. The minimum Gasteiger partial charge on any atom is -0.395 e. The zero-order chi connectivity index (χ0) is 25.8. The molecular formula is C27H30FN5O3. The molecule has 0 saturated carbocycles. The number of aliphatic imine (C=N–C) groups is 1. The van der Waals surface area contributed by atoms with Crippen LogP contribution >= 0.6 is 0 Å². The Hall–Kier alpha value is -3.85. The Balaban J connectivity index is 1.75. The van der Waals surface area contributed by atoms with Crippen molar-refractivity contribution in [3.8, 4) is 11.1 Å². The maximum atomic E-state index is 15.4. The second-order valence-electron chi connectivity index (χ2n) is 8.83. The molecule has 1 aliphatic rings. The van der Waals surface area contributed by atoms with Gasteiger partial charge in [-0.25, -0.2) is 14.4 Å². The number of nitrogens with two attached hydrogens (primary N) is 1. The molecule has 3 aromatic rings. The van der Waals surface area contributed by atoms with Crippen LogP contribution in [0.2, 0.25) is 0 Å². The number of amidine groups is 1. The van der Waals surface area contributed by atoms with Gasteiger partial charge in [-0.15, -0.1) is 0 Å². The summed E-state index contributed by atoms with van der Waals surface area (Å²) in [4.78, 5) is 36.3. The number of halogens is 1. The van der Waals surface area contributed by atoms with Gasteiger partial charge in [0.1, 0.15) is 11.7 Å². The van der Waals surface area contributed by atoms with Gasteiger partial charge in [-0.1, -0.05) is 19.9 Å². The lowest BCUT2D eigenvalue weighted by molar-refractivity contribution is -0.127. The lowest BCUT2D eigenvalue weighted by Gasteiger charge is -2.22. The third-order valence-electron chi connectivity index (χ3n) is 6.11. The standard InChI is InChI=1S/C27H30FN5O3/c1-3-7-32(8-4-2)26(35)19-11-21-22(28)12-18(14-24(21)31-25(29)15-19)17-5-6-20-23(13-17)30-16-33(9-10-34)27(20)36/h5-6,11-14,16,34H,3-4,7-10,15H2,1-2H3,(H2,29,31). The number of benzene rings is 2. The number of carbonyl (C=O) groups excluding carboxylic acids is 1. The summed E-state index contributed by atoms with van der Waals surface area (Å²) in [6.07, 6.45) is 4.74.